The third-order valence-electron chi connectivity index (χ3n) is 3.40. The molecule has 0 aliphatic heterocycles. The summed E-state index contributed by atoms with van der Waals surface area (Å²) in [6, 6.07) is 6.57. The Labute approximate surface area is 116 Å². The van der Waals surface area contributed by atoms with Crippen molar-refractivity contribution in [1.29, 1.82) is 0 Å². The van der Waals surface area contributed by atoms with Crippen molar-refractivity contribution >= 4 is 11.6 Å². The third kappa shape index (κ3) is 2.43. The topological polar surface area (TPSA) is 46.9 Å². The third-order valence-corrected chi connectivity index (χ3v) is 3.40. The van der Waals surface area contributed by atoms with Gasteiger partial charge in [-0.1, -0.05) is 0 Å². The van der Waals surface area contributed by atoms with Crippen molar-refractivity contribution in [2.75, 3.05) is 5.32 Å². The van der Waals surface area contributed by atoms with Crippen LogP contribution in [0.2, 0.25) is 0 Å². The van der Waals surface area contributed by atoms with Crippen LogP contribution in [0, 0.1) is 25.6 Å². The number of rotatable bonds is 3. The molecule has 1 N–H and O–H groups in total. The first-order valence-electron chi connectivity index (χ1n) is 6.68. The van der Waals surface area contributed by atoms with Crippen LogP contribution in [-0.2, 0) is 4.79 Å². The Bertz CT molecular complexity index is 674. The lowest BCUT2D eigenvalue weighted by Crippen LogP contribution is -2.13. The minimum absolute atomic E-state index is 0.0248. The number of nitrogens with zero attached hydrogens (tertiary/aromatic N) is 2. The van der Waals surface area contributed by atoms with E-state index in [2.05, 4.69) is 10.4 Å². The van der Waals surface area contributed by atoms with Crippen molar-refractivity contribution in [3.05, 3.63) is 41.5 Å². The number of hydrogen-bond acceptors (Lipinski definition) is 2. The van der Waals surface area contributed by atoms with Crippen LogP contribution in [0.5, 0.6) is 0 Å². The van der Waals surface area contributed by atoms with Gasteiger partial charge < -0.3 is 5.32 Å². The van der Waals surface area contributed by atoms with E-state index in [1.807, 2.05) is 19.9 Å². The van der Waals surface area contributed by atoms with Crippen LogP contribution in [0.3, 0.4) is 0 Å². The summed E-state index contributed by atoms with van der Waals surface area (Å²) in [5, 5.41) is 6.99. The Morgan fingerprint density at radius 2 is 2.10 bits per heavy atom. The number of benzene rings is 1. The zero-order valence-electron chi connectivity index (χ0n) is 11.5. The van der Waals surface area contributed by atoms with E-state index in [1.54, 1.807) is 16.8 Å². The quantitative estimate of drug-likeness (QED) is 0.934. The van der Waals surface area contributed by atoms with Gasteiger partial charge in [-0.2, -0.15) is 5.10 Å². The molecule has 0 atom stereocenters. The van der Waals surface area contributed by atoms with E-state index in [-0.39, 0.29) is 11.8 Å². The van der Waals surface area contributed by atoms with E-state index in [0.29, 0.717) is 11.4 Å². The summed E-state index contributed by atoms with van der Waals surface area (Å²) in [7, 11) is 0. The number of anilines is 1. The Balaban J connectivity index is 1.87. The van der Waals surface area contributed by atoms with Gasteiger partial charge in [-0.15, -0.1) is 0 Å². The summed E-state index contributed by atoms with van der Waals surface area (Å²) in [6.07, 6.45) is 1.86. The fourth-order valence-corrected chi connectivity index (χ4v) is 2.22. The van der Waals surface area contributed by atoms with Crippen LogP contribution >= 0.6 is 0 Å². The minimum Gasteiger partial charge on any atom is -0.326 e. The second-order valence-corrected chi connectivity index (χ2v) is 5.27. The number of carbonyl (C=O) groups is 1. The first-order chi connectivity index (χ1) is 9.54. The van der Waals surface area contributed by atoms with Crippen LogP contribution in [0.1, 0.15) is 24.2 Å². The molecule has 4 nitrogen and oxygen atoms in total. The molecule has 2 aromatic rings. The average molecular weight is 273 g/mol. The van der Waals surface area contributed by atoms with E-state index < -0.39 is 5.82 Å². The largest absolute Gasteiger partial charge is 0.326 e. The van der Waals surface area contributed by atoms with Crippen LogP contribution in [-0.4, -0.2) is 15.7 Å². The highest BCUT2D eigenvalue weighted by molar-refractivity contribution is 5.94. The van der Waals surface area contributed by atoms with Gasteiger partial charge in [0.25, 0.3) is 0 Å². The van der Waals surface area contributed by atoms with Crippen molar-refractivity contribution in [3.63, 3.8) is 0 Å². The highest BCUT2D eigenvalue weighted by Crippen LogP contribution is 2.30. The molecule has 20 heavy (non-hydrogen) atoms. The molecule has 0 spiro atoms. The number of halogens is 1. The normalized spacial score (nSPS) is 14.3. The second kappa shape index (κ2) is 4.74. The Hall–Kier alpha value is -2.17. The fraction of sp³-hybridized carbons (Fsp3) is 0.333. The molecule has 1 aromatic heterocycles. The van der Waals surface area contributed by atoms with Crippen LogP contribution in [0.25, 0.3) is 5.69 Å². The van der Waals surface area contributed by atoms with Crippen molar-refractivity contribution in [3.8, 4) is 5.69 Å². The van der Waals surface area contributed by atoms with Crippen molar-refractivity contribution in [2.24, 2.45) is 5.92 Å². The number of nitrogens with one attached hydrogen (secondary N) is 1. The molecule has 1 aromatic carbocycles. The number of amides is 1. The smallest absolute Gasteiger partial charge is 0.227 e. The molecule has 0 radical (unpaired) electrons. The number of carbonyl (C=O) groups excluding carboxylic acids is 1. The first-order valence-corrected chi connectivity index (χ1v) is 6.68. The van der Waals surface area contributed by atoms with Gasteiger partial charge in [0.2, 0.25) is 5.91 Å². The van der Waals surface area contributed by atoms with Gasteiger partial charge in [-0.3, -0.25) is 4.79 Å². The molecule has 1 fully saturated rings. The molecule has 0 saturated heterocycles. The van der Waals surface area contributed by atoms with Gasteiger partial charge in [0.05, 0.1) is 5.69 Å². The van der Waals surface area contributed by atoms with Crippen LogP contribution < -0.4 is 5.32 Å². The molecule has 1 aliphatic rings. The van der Waals surface area contributed by atoms with Gasteiger partial charge in [0, 0.05) is 17.3 Å². The van der Waals surface area contributed by atoms with Gasteiger partial charge >= 0.3 is 0 Å². The van der Waals surface area contributed by atoms with Crippen LogP contribution in [0.15, 0.2) is 24.3 Å². The zero-order valence-corrected chi connectivity index (χ0v) is 11.5. The number of hydrogen-bond donors (Lipinski definition) is 1. The number of aryl methyl sites for hydroxylation is 2. The molecule has 104 valence electrons. The second-order valence-electron chi connectivity index (χ2n) is 5.27. The average Bonchev–Trinajstić information content (AvgIpc) is 3.16. The fourth-order valence-electron chi connectivity index (χ4n) is 2.22. The van der Waals surface area contributed by atoms with E-state index in [1.165, 1.54) is 6.07 Å². The first kappa shape index (κ1) is 12.8. The van der Waals surface area contributed by atoms with E-state index in [9.17, 15) is 9.18 Å². The van der Waals surface area contributed by atoms with Gasteiger partial charge in [0.1, 0.15) is 5.69 Å². The monoisotopic (exact) mass is 273 g/mol. The van der Waals surface area contributed by atoms with Gasteiger partial charge in [-0.05, 0) is 51.0 Å². The van der Waals surface area contributed by atoms with Crippen molar-refractivity contribution in [2.45, 2.75) is 26.7 Å². The Morgan fingerprint density at radius 1 is 1.35 bits per heavy atom. The Kier molecular flexibility index (Phi) is 3.04. The molecule has 3 rings (SSSR count). The lowest BCUT2D eigenvalue weighted by Gasteiger charge is -2.09. The highest BCUT2D eigenvalue weighted by atomic mass is 19.1. The maximum Gasteiger partial charge on any atom is 0.227 e. The predicted molar refractivity (Wildman–Crippen MR) is 74.3 cm³/mol. The summed E-state index contributed by atoms with van der Waals surface area (Å²) in [4.78, 5) is 11.6. The molecule has 1 aliphatic carbocycles. The molecule has 0 unspecified atom stereocenters. The molecule has 1 amide bonds. The molecule has 1 heterocycles. The lowest BCUT2D eigenvalue weighted by molar-refractivity contribution is -0.117. The van der Waals surface area contributed by atoms with Crippen LogP contribution in [0.4, 0.5) is 10.1 Å². The molecular formula is C15H16FN3O. The number of aromatic nitrogens is 2. The molecular weight excluding hydrogens is 257 g/mol. The molecule has 0 bridgehead atoms. The molecule has 5 heteroatoms. The highest BCUT2D eigenvalue weighted by Gasteiger charge is 2.29. The summed E-state index contributed by atoms with van der Waals surface area (Å²) >= 11 is 0. The summed E-state index contributed by atoms with van der Waals surface area (Å²) in [6.45, 7) is 3.74. The van der Waals surface area contributed by atoms with Crippen molar-refractivity contribution in [1.82, 2.24) is 9.78 Å². The van der Waals surface area contributed by atoms with E-state index in [0.717, 1.165) is 24.2 Å². The molecule has 1 saturated carbocycles. The lowest BCUT2D eigenvalue weighted by atomic mass is 10.2. The van der Waals surface area contributed by atoms with Crippen molar-refractivity contribution < 1.29 is 9.18 Å². The van der Waals surface area contributed by atoms with Gasteiger partial charge in [0.15, 0.2) is 5.82 Å². The standard InChI is InChI=1S/C15H16FN3O/c1-9-7-10(2)19(18-9)14-6-5-12(8-13(14)16)17-15(20)11-3-4-11/h5-8,11H,3-4H2,1-2H3,(H,17,20). The summed E-state index contributed by atoms with van der Waals surface area (Å²) in [5.74, 6) is -0.318. The predicted octanol–water partition coefficient (Wildman–Crippen LogP) is 2.98. The zero-order chi connectivity index (χ0) is 14.3. The van der Waals surface area contributed by atoms with E-state index in [4.69, 9.17) is 0 Å². The van der Waals surface area contributed by atoms with E-state index >= 15 is 0 Å². The maximum absolute atomic E-state index is 14.2. The SMILES string of the molecule is Cc1cc(C)n(-c2ccc(NC(=O)C3CC3)cc2F)n1. The summed E-state index contributed by atoms with van der Waals surface area (Å²) < 4.78 is 15.7. The van der Waals surface area contributed by atoms with Gasteiger partial charge in [-0.25, -0.2) is 9.07 Å². The summed E-state index contributed by atoms with van der Waals surface area (Å²) in [5.41, 5.74) is 2.59. The Morgan fingerprint density at radius 3 is 2.65 bits per heavy atom. The maximum atomic E-state index is 14.2. The minimum atomic E-state index is -0.398.